The summed E-state index contributed by atoms with van der Waals surface area (Å²) < 4.78 is 43.9. The topological polar surface area (TPSA) is 61.5 Å². The van der Waals surface area contributed by atoms with Crippen molar-refractivity contribution in [2.75, 3.05) is 19.7 Å². The van der Waals surface area contributed by atoms with Crippen LogP contribution >= 0.6 is 0 Å². The quantitative estimate of drug-likeness (QED) is 0.679. The number of ether oxygens (including phenoxy) is 1. The summed E-state index contributed by atoms with van der Waals surface area (Å²) in [4.78, 5) is 24.4. The van der Waals surface area contributed by atoms with Crippen LogP contribution in [0.1, 0.15) is 29.8 Å². The van der Waals surface area contributed by atoms with Crippen molar-refractivity contribution in [3.05, 3.63) is 78.0 Å². The molecule has 1 aromatic carbocycles. The van der Waals surface area contributed by atoms with Gasteiger partial charge in [-0.25, -0.2) is 4.98 Å². The van der Waals surface area contributed by atoms with E-state index in [1.54, 1.807) is 17.1 Å². The Labute approximate surface area is 196 Å². The molecule has 6 nitrogen and oxygen atoms in total. The molecule has 1 aromatic heterocycles. The van der Waals surface area contributed by atoms with Gasteiger partial charge >= 0.3 is 6.18 Å². The molecular weight excluding hydrogens is 445 g/mol. The molecule has 2 aliphatic rings. The van der Waals surface area contributed by atoms with E-state index < -0.39 is 11.7 Å². The second-order valence-electron chi connectivity index (χ2n) is 8.50. The summed E-state index contributed by atoms with van der Waals surface area (Å²) in [5.74, 6) is 0.945. The molecule has 2 aliphatic heterocycles. The lowest BCUT2D eigenvalue weighted by Gasteiger charge is -2.41. The van der Waals surface area contributed by atoms with Gasteiger partial charge in [0.05, 0.1) is 17.0 Å². The second-order valence-corrected chi connectivity index (χ2v) is 8.50. The molecule has 34 heavy (non-hydrogen) atoms. The SMILES string of the molecule is C=C/C=C1\C(=C)OCC(=O)N1C1CCN(Cc2nc(-c3ccc(C(F)(F)F)cc3)[nH]c2C)CC1. The summed E-state index contributed by atoms with van der Waals surface area (Å²) in [5, 5.41) is 0. The fraction of sp³-hybridized carbons (Fsp3) is 0.360. The monoisotopic (exact) mass is 472 g/mol. The minimum absolute atomic E-state index is 0.00722. The molecule has 0 unspecified atom stereocenters. The van der Waals surface area contributed by atoms with Crippen molar-refractivity contribution in [2.45, 2.75) is 38.5 Å². The first-order valence-corrected chi connectivity index (χ1v) is 11.1. The van der Waals surface area contributed by atoms with Gasteiger partial charge in [-0.15, -0.1) is 0 Å². The first-order valence-electron chi connectivity index (χ1n) is 11.1. The van der Waals surface area contributed by atoms with E-state index in [-0.39, 0.29) is 18.6 Å². The molecule has 1 N–H and O–H groups in total. The van der Waals surface area contributed by atoms with Crippen LogP contribution in [0, 0.1) is 6.92 Å². The Morgan fingerprint density at radius 2 is 1.91 bits per heavy atom. The molecule has 0 radical (unpaired) electrons. The molecule has 2 fully saturated rings. The second kappa shape index (κ2) is 9.50. The number of morpholine rings is 1. The number of rotatable bonds is 5. The van der Waals surface area contributed by atoms with E-state index in [4.69, 9.17) is 4.74 Å². The van der Waals surface area contributed by atoms with Gasteiger partial charge in [-0.2, -0.15) is 13.2 Å². The van der Waals surface area contributed by atoms with Crippen molar-refractivity contribution in [1.82, 2.24) is 19.8 Å². The molecule has 2 saturated heterocycles. The summed E-state index contributed by atoms with van der Waals surface area (Å²) in [6.07, 6.45) is 0.600. The minimum atomic E-state index is -4.36. The molecule has 0 aliphatic carbocycles. The Balaban J connectivity index is 1.40. The van der Waals surface area contributed by atoms with Crippen molar-refractivity contribution in [3.8, 4) is 11.4 Å². The smallest absolute Gasteiger partial charge is 0.416 e. The van der Waals surface area contributed by atoms with E-state index in [1.165, 1.54) is 12.1 Å². The molecule has 2 aromatic rings. The summed E-state index contributed by atoms with van der Waals surface area (Å²) in [6.45, 7) is 11.7. The number of carbonyl (C=O) groups excluding carboxylic acids is 1. The molecule has 0 spiro atoms. The van der Waals surface area contributed by atoms with Gasteiger partial charge in [0.25, 0.3) is 5.91 Å². The lowest BCUT2D eigenvalue weighted by atomic mass is 10.0. The number of nitrogens with zero attached hydrogens (tertiary/aromatic N) is 3. The summed E-state index contributed by atoms with van der Waals surface area (Å²) in [7, 11) is 0. The highest BCUT2D eigenvalue weighted by Crippen LogP contribution is 2.31. The van der Waals surface area contributed by atoms with Gasteiger partial charge < -0.3 is 14.6 Å². The Bertz CT molecular complexity index is 1110. The molecule has 0 atom stereocenters. The maximum atomic E-state index is 12.8. The average Bonchev–Trinajstić information content (AvgIpc) is 3.17. The molecule has 4 rings (SSSR count). The number of alkyl halides is 3. The first-order chi connectivity index (χ1) is 16.2. The molecule has 180 valence electrons. The van der Waals surface area contributed by atoms with E-state index in [0.717, 1.165) is 49.5 Å². The third kappa shape index (κ3) is 4.94. The van der Waals surface area contributed by atoms with Gasteiger partial charge in [-0.1, -0.05) is 31.4 Å². The number of hydrogen-bond acceptors (Lipinski definition) is 4. The number of hydrogen-bond donors (Lipinski definition) is 1. The van der Waals surface area contributed by atoms with Gasteiger partial charge in [-0.3, -0.25) is 9.69 Å². The van der Waals surface area contributed by atoms with Crippen molar-refractivity contribution >= 4 is 5.91 Å². The number of imidazole rings is 1. The van der Waals surface area contributed by atoms with Crippen LogP contribution in [0.2, 0.25) is 0 Å². The molecule has 3 heterocycles. The third-order valence-corrected chi connectivity index (χ3v) is 6.23. The van der Waals surface area contributed by atoms with Gasteiger partial charge in [0.2, 0.25) is 0 Å². The summed E-state index contributed by atoms with van der Waals surface area (Å²) in [6, 6.07) is 5.04. The summed E-state index contributed by atoms with van der Waals surface area (Å²) >= 11 is 0. The van der Waals surface area contributed by atoms with E-state index in [9.17, 15) is 18.0 Å². The highest BCUT2D eigenvalue weighted by Gasteiger charge is 2.35. The number of piperidine rings is 1. The lowest BCUT2D eigenvalue weighted by molar-refractivity contribution is -0.139. The fourth-order valence-electron chi connectivity index (χ4n) is 4.40. The number of carbonyl (C=O) groups is 1. The predicted octanol–water partition coefficient (Wildman–Crippen LogP) is 4.81. The zero-order valence-corrected chi connectivity index (χ0v) is 19.0. The van der Waals surface area contributed by atoms with Crippen LogP contribution in [-0.2, 0) is 22.3 Å². The number of aromatic nitrogens is 2. The molecule has 1 amide bonds. The van der Waals surface area contributed by atoms with Crippen LogP contribution in [0.5, 0.6) is 0 Å². The number of halogens is 3. The van der Waals surface area contributed by atoms with Crippen LogP contribution in [0.25, 0.3) is 11.4 Å². The van der Waals surface area contributed by atoms with Gasteiger partial charge in [-0.05, 0) is 38.0 Å². The Morgan fingerprint density at radius 1 is 1.24 bits per heavy atom. The highest BCUT2D eigenvalue weighted by molar-refractivity contribution is 5.82. The van der Waals surface area contributed by atoms with Gasteiger partial charge in [0.15, 0.2) is 6.61 Å². The molecular formula is C25H27F3N4O2. The Hall–Kier alpha value is -3.33. The van der Waals surface area contributed by atoms with Crippen LogP contribution in [0.4, 0.5) is 13.2 Å². The van der Waals surface area contributed by atoms with Crippen molar-refractivity contribution in [1.29, 1.82) is 0 Å². The maximum absolute atomic E-state index is 12.8. The number of nitrogens with one attached hydrogen (secondary N) is 1. The predicted molar refractivity (Wildman–Crippen MR) is 122 cm³/mol. The van der Waals surface area contributed by atoms with Crippen LogP contribution < -0.4 is 0 Å². The average molecular weight is 473 g/mol. The first kappa shape index (κ1) is 23.8. The Kier molecular flexibility index (Phi) is 6.65. The zero-order valence-electron chi connectivity index (χ0n) is 19.0. The standard InChI is InChI=1S/C25H27F3N4O2/c1-4-5-22-17(3)34-15-23(33)32(22)20-10-12-31(13-11-20)14-21-16(2)29-24(30-21)18-6-8-19(9-7-18)25(26,27)28/h4-9,20H,1,3,10-15H2,2H3,(H,29,30)/b22-5+. The largest absolute Gasteiger partial charge is 0.482 e. The Morgan fingerprint density at radius 3 is 2.53 bits per heavy atom. The summed E-state index contributed by atoms with van der Waals surface area (Å²) in [5.41, 5.74) is 2.32. The highest BCUT2D eigenvalue weighted by atomic mass is 19.4. The molecule has 9 heteroatoms. The molecule has 0 saturated carbocycles. The van der Waals surface area contributed by atoms with E-state index in [2.05, 4.69) is 28.0 Å². The van der Waals surface area contributed by atoms with E-state index in [0.29, 0.717) is 29.4 Å². The number of amides is 1. The van der Waals surface area contributed by atoms with E-state index in [1.807, 2.05) is 6.92 Å². The minimum Gasteiger partial charge on any atom is -0.482 e. The number of allylic oxidation sites excluding steroid dienone is 2. The lowest BCUT2D eigenvalue weighted by Crippen LogP contribution is -2.50. The maximum Gasteiger partial charge on any atom is 0.416 e. The number of benzene rings is 1. The normalized spacial score (nSPS) is 19.5. The van der Waals surface area contributed by atoms with Crippen LogP contribution in [0.15, 0.2) is 61.0 Å². The number of likely N-dealkylation sites (tertiary alicyclic amines) is 1. The van der Waals surface area contributed by atoms with E-state index >= 15 is 0 Å². The van der Waals surface area contributed by atoms with Crippen molar-refractivity contribution < 1.29 is 22.7 Å². The van der Waals surface area contributed by atoms with Crippen LogP contribution in [-0.4, -0.2) is 51.4 Å². The van der Waals surface area contributed by atoms with Crippen molar-refractivity contribution in [2.24, 2.45) is 0 Å². The number of H-pyrrole nitrogens is 1. The third-order valence-electron chi connectivity index (χ3n) is 6.23. The molecule has 0 bridgehead atoms. The zero-order chi connectivity index (χ0) is 24.5. The van der Waals surface area contributed by atoms with Gasteiger partial charge in [0, 0.05) is 36.9 Å². The van der Waals surface area contributed by atoms with Crippen LogP contribution in [0.3, 0.4) is 0 Å². The van der Waals surface area contributed by atoms with Gasteiger partial charge in [0.1, 0.15) is 11.6 Å². The number of aryl methyl sites for hydroxylation is 1. The number of aromatic amines is 1. The fourth-order valence-corrected chi connectivity index (χ4v) is 4.40. The van der Waals surface area contributed by atoms with Crippen molar-refractivity contribution in [3.63, 3.8) is 0 Å².